The van der Waals surface area contributed by atoms with Crippen LogP contribution < -0.4 is 0 Å². The molecule has 3 aromatic carbocycles. The maximum absolute atomic E-state index is 2.53. The number of benzene rings is 3. The van der Waals surface area contributed by atoms with Crippen molar-refractivity contribution in [2.45, 2.75) is 90.9 Å². The van der Waals surface area contributed by atoms with Crippen molar-refractivity contribution in [3.8, 4) is 11.1 Å². The first-order chi connectivity index (χ1) is 14.5. The minimum atomic E-state index is 0.120. The third kappa shape index (κ3) is 3.59. The van der Waals surface area contributed by atoms with Crippen molar-refractivity contribution in [3.05, 3.63) is 70.8 Å². The van der Waals surface area contributed by atoms with Crippen LogP contribution in [0.5, 0.6) is 0 Å². The van der Waals surface area contributed by atoms with Crippen LogP contribution in [0.1, 0.15) is 101 Å². The SMILES string of the molecule is CCCCCCCCC1(C)c2cc(C(C)C)ccc2-c2c1cc(C)c1ccccc21. The van der Waals surface area contributed by atoms with Crippen LogP contribution in [0.2, 0.25) is 0 Å². The molecule has 1 aliphatic rings. The lowest BCUT2D eigenvalue weighted by Gasteiger charge is -2.29. The summed E-state index contributed by atoms with van der Waals surface area (Å²) in [4.78, 5) is 0. The predicted molar refractivity (Wildman–Crippen MR) is 133 cm³/mol. The highest BCUT2D eigenvalue weighted by Crippen LogP contribution is 2.54. The minimum Gasteiger partial charge on any atom is -0.0654 e. The van der Waals surface area contributed by atoms with E-state index in [1.807, 2.05) is 0 Å². The Balaban J connectivity index is 1.80. The Bertz CT molecular complexity index is 1040. The molecular formula is C30H38. The normalized spacial score (nSPS) is 17.5. The van der Waals surface area contributed by atoms with E-state index in [1.165, 1.54) is 78.0 Å². The monoisotopic (exact) mass is 398 g/mol. The molecule has 0 radical (unpaired) electrons. The van der Waals surface area contributed by atoms with Gasteiger partial charge in [-0.3, -0.25) is 0 Å². The third-order valence-electron chi connectivity index (χ3n) is 7.45. The van der Waals surface area contributed by atoms with Crippen LogP contribution in [0.3, 0.4) is 0 Å². The van der Waals surface area contributed by atoms with Gasteiger partial charge in [-0.05, 0) is 63.4 Å². The molecule has 0 amide bonds. The van der Waals surface area contributed by atoms with Crippen molar-refractivity contribution in [2.75, 3.05) is 0 Å². The Kier molecular flexibility index (Phi) is 6.05. The first-order valence-corrected chi connectivity index (χ1v) is 12.1. The fourth-order valence-corrected chi connectivity index (χ4v) is 5.55. The van der Waals surface area contributed by atoms with Crippen molar-refractivity contribution < 1.29 is 0 Å². The van der Waals surface area contributed by atoms with E-state index >= 15 is 0 Å². The molecule has 30 heavy (non-hydrogen) atoms. The van der Waals surface area contributed by atoms with Crippen molar-refractivity contribution in [3.63, 3.8) is 0 Å². The van der Waals surface area contributed by atoms with Gasteiger partial charge < -0.3 is 0 Å². The molecule has 1 unspecified atom stereocenters. The van der Waals surface area contributed by atoms with Gasteiger partial charge in [-0.25, -0.2) is 0 Å². The van der Waals surface area contributed by atoms with E-state index in [-0.39, 0.29) is 5.41 Å². The van der Waals surface area contributed by atoms with Gasteiger partial charge in [0, 0.05) is 5.41 Å². The number of hydrogen-bond donors (Lipinski definition) is 0. The van der Waals surface area contributed by atoms with E-state index in [4.69, 9.17) is 0 Å². The molecule has 1 aliphatic carbocycles. The fourth-order valence-electron chi connectivity index (χ4n) is 5.55. The molecule has 0 bridgehead atoms. The van der Waals surface area contributed by atoms with Gasteiger partial charge in [0.05, 0.1) is 0 Å². The highest BCUT2D eigenvalue weighted by Gasteiger charge is 2.40. The Morgan fingerprint density at radius 1 is 0.800 bits per heavy atom. The van der Waals surface area contributed by atoms with Gasteiger partial charge in [0.25, 0.3) is 0 Å². The fraction of sp³-hybridized carbons (Fsp3) is 0.467. The molecule has 0 spiro atoms. The van der Waals surface area contributed by atoms with Crippen molar-refractivity contribution in [1.82, 2.24) is 0 Å². The van der Waals surface area contributed by atoms with Crippen LogP contribution in [0.15, 0.2) is 48.5 Å². The first kappa shape index (κ1) is 21.2. The first-order valence-electron chi connectivity index (χ1n) is 12.1. The second-order valence-electron chi connectivity index (χ2n) is 9.97. The lowest BCUT2D eigenvalue weighted by molar-refractivity contribution is 0.480. The molecule has 0 heteroatoms. The summed E-state index contributed by atoms with van der Waals surface area (Å²) in [6.07, 6.45) is 9.40. The van der Waals surface area contributed by atoms with Gasteiger partial charge in [-0.1, -0.05) is 115 Å². The lowest BCUT2D eigenvalue weighted by atomic mass is 9.74. The second kappa shape index (κ2) is 8.58. The lowest BCUT2D eigenvalue weighted by Crippen LogP contribution is -2.21. The van der Waals surface area contributed by atoms with Gasteiger partial charge in [-0.2, -0.15) is 0 Å². The van der Waals surface area contributed by atoms with Crippen LogP contribution in [0.4, 0.5) is 0 Å². The maximum atomic E-state index is 2.53. The number of fused-ring (bicyclic) bond motifs is 5. The standard InChI is InChI=1S/C30H38/c1-6-7-8-9-10-13-18-30(5)27-20-23(21(2)3)16-17-26(27)29-25-15-12-11-14-24(25)22(4)19-28(29)30/h11-12,14-17,19-21H,6-10,13,18H2,1-5H3. The molecule has 4 rings (SSSR count). The van der Waals surface area contributed by atoms with Crippen molar-refractivity contribution >= 4 is 10.8 Å². The highest BCUT2D eigenvalue weighted by molar-refractivity contribution is 6.03. The summed E-state index contributed by atoms with van der Waals surface area (Å²) in [7, 11) is 0. The molecule has 0 aromatic heterocycles. The van der Waals surface area contributed by atoms with Crippen molar-refractivity contribution in [1.29, 1.82) is 0 Å². The molecule has 0 aliphatic heterocycles. The van der Waals surface area contributed by atoms with Crippen LogP contribution in [-0.4, -0.2) is 0 Å². The number of rotatable bonds is 8. The zero-order chi connectivity index (χ0) is 21.3. The van der Waals surface area contributed by atoms with Crippen LogP contribution in [0, 0.1) is 6.92 Å². The Morgan fingerprint density at radius 2 is 1.50 bits per heavy atom. The average molecular weight is 399 g/mol. The van der Waals surface area contributed by atoms with E-state index in [2.05, 4.69) is 83.1 Å². The van der Waals surface area contributed by atoms with Crippen LogP contribution >= 0.6 is 0 Å². The number of aryl methyl sites for hydroxylation is 1. The molecule has 158 valence electrons. The maximum Gasteiger partial charge on any atom is 0.0187 e. The highest BCUT2D eigenvalue weighted by atomic mass is 14.4. The topological polar surface area (TPSA) is 0 Å². The van der Waals surface area contributed by atoms with E-state index in [0.717, 1.165) is 0 Å². The van der Waals surface area contributed by atoms with Gasteiger partial charge in [0.1, 0.15) is 0 Å². The molecular weight excluding hydrogens is 360 g/mol. The zero-order valence-corrected chi connectivity index (χ0v) is 19.6. The summed E-state index contributed by atoms with van der Waals surface area (Å²) in [6.45, 7) is 11.7. The molecule has 0 heterocycles. The van der Waals surface area contributed by atoms with Gasteiger partial charge >= 0.3 is 0 Å². The summed E-state index contributed by atoms with van der Waals surface area (Å²) in [5, 5.41) is 2.83. The summed E-state index contributed by atoms with van der Waals surface area (Å²) >= 11 is 0. The molecule has 0 nitrogen and oxygen atoms in total. The smallest absolute Gasteiger partial charge is 0.0187 e. The molecule has 3 aromatic rings. The largest absolute Gasteiger partial charge is 0.0654 e. The molecule has 0 saturated heterocycles. The Morgan fingerprint density at radius 3 is 2.23 bits per heavy atom. The summed E-state index contributed by atoms with van der Waals surface area (Å²) < 4.78 is 0. The molecule has 0 fully saturated rings. The van der Waals surface area contributed by atoms with Crippen LogP contribution in [0.25, 0.3) is 21.9 Å². The second-order valence-corrected chi connectivity index (χ2v) is 9.97. The summed E-state index contributed by atoms with van der Waals surface area (Å²) in [6, 6.07) is 18.8. The predicted octanol–water partition coefficient (Wildman–Crippen LogP) is 9.31. The molecule has 0 N–H and O–H groups in total. The summed E-state index contributed by atoms with van der Waals surface area (Å²) in [5.74, 6) is 0.566. The summed E-state index contributed by atoms with van der Waals surface area (Å²) in [5.41, 5.74) is 9.09. The Hall–Kier alpha value is -2.08. The van der Waals surface area contributed by atoms with E-state index in [0.29, 0.717) is 5.92 Å². The quantitative estimate of drug-likeness (QED) is 0.332. The minimum absolute atomic E-state index is 0.120. The zero-order valence-electron chi connectivity index (χ0n) is 19.6. The van der Waals surface area contributed by atoms with Crippen molar-refractivity contribution in [2.24, 2.45) is 0 Å². The van der Waals surface area contributed by atoms with Gasteiger partial charge in [-0.15, -0.1) is 0 Å². The van der Waals surface area contributed by atoms with E-state index in [1.54, 1.807) is 11.1 Å². The Labute approximate surface area is 183 Å². The van der Waals surface area contributed by atoms with E-state index < -0.39 is 0 Å². The number of unbranched alkanes of at least 4 members (excludes halogenated alkanes) is 5. The van der Waals surface area contributed by atoms with Crippen LogP contribution in [-0.2, 0) is 5.41 Å². The van der Waals surface area contributed by atoms with Gasteiger partial charge in [0.15, 0.2) is 0 Å². The molecule has 1 atom stereocenters. The van der Waals surface area contributed by atoms with E-state index in [9.17, 15) is 0 Å². The number of hydrogen-bond acceptors (Lipinski definition) is 0. The average Bonchev–Trinajstić information content (AvgIpc) is 2.99. The third-order valence-corrected chi connectivity index (χ3v) is 7.45. The van der Waals surface area contributed by atoms with Gasteiger partial charge in [0.2, 0.25) is 0 Å². The molecule has 0 saturated carbocycles.